The molecule has 0 aromatic carbocycles. The molecular weight excluding hydrogens is 496 g/mol. The van der Waals surface area contributed by atoms with Crippen molar-refractivity contribution in [1.82, 2.24) is 34.8 Å². The molecule has 0 bridgehead atoms. The minimum Gasteiger partial charge on any atom is -0.480 e. The van der Waals surface area contributed by atoms with Crippen LogP contribution in [0.4, 0.5) is 10.5 Å². The lowest BCUT2D eigenvalue weighted by Gasteiger charge is -2.40. The van der Waals surface area contributed by atoms with E-state index in [1.54, 1.807) is 24.2 Å². The molecule has 0 spiro atoms. The van der Waals surface area contributed by atoms with Crippen LogP contribution < -0.4 is 9.64 Å². The van der Waals surface area contributed by atoms with Gasteiger partial charge in [0, 0.05) is 19.6 Å². The highest BCUT2D eigenvalue weighted by atomic mass is 16.6. The summed E-state index contributed by atoms with van der Waals surface area (Å²) in [6.45, 7) is 10.3. The van der Waals surface area contributed by atoms with Gasteiger partial charge in [0.05, 0.1) is 55.4 Å². The number of pyridine rings is 1. The van der Waals surface area contributed by atoms with Gasteiger partial charge in [-0.05, 0) is 71.4 Å². The van der Waals surface area contributed by atoms with Crippen molar-refractivity contribution in [3.05, 3.63) is 42.6 Å². The van der Waals surface area contributed by atoms with Crippen LogP contribution in [-0.2, 0) is 4.74 Å². The third kappa shape index (κ3) is 6.63. The van der Waals surface area contributed by atoms with E-state index >= 15 is 0 Å². The van der Waals surface area contributed by atoms with Crippen LogP contribution in [0.1, 0.15) is 65.1 Å². The summed E-state index contributed by atoms with van der Waals surface area (Å²) in [5.41, 5.74) is 2.64. The molecule has 11 nitrogen and oxygen atoms in total. The van der Waals surface area contributed by atoms with Gasteiger partial charge in [-0.2, -0.15) is 0 Å². The van der Waals surface area contributed by atoms with Crippen LogP contribution in [0.5, 0.6) is 5.88 Å². The second kappa shape index (κ2) is 11.2. The number of hydrogen-bond acceptors (Lipinski definition) is 9. The summed E-state index contributed by atoms with van der Waals surface area (Å²) in [4.78, 5) is 30.7. The van der Waals surface area contributed by atoms with Crippen LogP contribution in [0.3, 0.4) is 0 Å². The number of carbonyl (C=O) groups is 1. The lowest BCUT2D eigenvalue weighted by molar-refractivity contribution is 0.0134. The quantitative estimate of drug-likeness (QED) is 0.416. The number of rotatable bonds is 8. The lowest BCUT2D eigenvalue weighted by atomic mass is 10.0. The summed E-state index contributed by atoms with van der Waals surface area (Å²) in [6.07, 6.45) is 11.1. The number of anilines is 1. The van der Waals surface area contributed by atoms with Crippen LogP contribution in [0.2, 0.25) is 0 Å². The minimum atomic E-state index is -0.504. The molecule has 0 N–H and O–H groups in total. The predicted octanol–water partition coefficient (Wildman–Crippen LogP) is 4.36. The fourth-order valence-corrected chi connectivity index (χ4v) is 4.84. The van der Waals surface area contributed by atoms with E-state index in [-0.39, 0.29) is 18.2 Å². The Labute approximate surface area is 229 Å². The van der Waals surface area contributed by atoms with Crippen molar-refractivity contribution in [3.8, 4) is 17.3 Å². The second-order valence-corrected chi connectivity index (χ2v) is 11.5. The van der Waals surface area contributed by atoms with Crippen molar-refractivity contribution in [2.45, 2.75) is 71.1 Å². The maximum Gasteiger partial charge on any atom is 0.410 e. The van der Waals surface area contributed by atoms with Crippen LogP contribution >= 0.6 is 0 Å². The molecule has 3 aromatic heterocycles. The number of carbonyl (C=O) groups excluding carboxylic acids is 1. The van der Waals surface area contributed by atoms with Gasteiger partial charge in [0.1, 0.15) is 17.0 Å². The number of piperidine rings is 1. The zero-order chi connectivity index (χ0) is 27.6. The van der Waals surface area contributed by atoms with Gasteiger partial charge in [-0.15, -0.1) is 5.10 Å². The van der Waals surface area contributed by atoms with Gasteiger partial charge in [-0.3, -0.25) is 9.97 Å². The van der Waals surface area contributed by atoms with E-state index in [1.165, 1.54) is 12.8 Å². The highest BCUT2D eigenvalue weighted by Gasteiger charge is 2.36. The van der Waals surface area contributed by atoms with Crippen molar-refractivity contribution in [2.75, 3.05) is 31.6 Å². The second-order valence-electron chi connectivity index (χ2n) is 11.5. The molecule has 2 atom stereocenters. The molecule has 11 heteroatoms. The van der Waals surface area contributed by atoms with Gasteiger partial charge in [0.25, 0.3) is 0 Å². The van der Waals surface area contributed by atoms with Crippen molar-refractivity contribution >= 4 is 11.8 Å². The Kier molecular flexibility index (Phi) is 7.67. The number of methoxy groups -OCH3 is 1. The molecule has 1 saturated heterocycles. The fraction of sp³-hybridized carbons (Fsp3) is 0.571. The van der Waals surface area contributed by atoms with Crippen molar-refractivity contribution in [3.63, 3.8) is 0 Å². The van der Waals surface area contributed by atoms with E-state index < -0.39 is 5.60 Å². The van der Waals surface area contributed by atoms with E-state index in [0.29, 0.717) is 23.2 Å². The standard InChI is InChI=1S/C28H38N8O3/c1-19(36-18-25(32-33-36)24-14-29-15-26(31-24)38-5)23-11-10-21(13-30-23)34-12-6-7-22(17-34)35(16-20-8-9-20)27(37)39-28(2,3)4/h10-11,13-15,18-20,22H,6-9,12,16-17H2,1-5H3/t19?,22-/m1/s1. The van der Waals surface area contributed by atoms with Gasteiger partial charge >= 0.3 is 6.09 Å². The number of ether oxygens (including phenoxy) is 2. The van der Waals surface area contributed by atoms with Gasteiger partial charge in [0.15, 0.2) is 0 Å². The largest absolute Gasteiger partial charge is 0.480 e. The van der Waals surface area contributed by atoms with Crippen LogP contribution in [0, 0.1) is 5.92 Å². The van der Waals surface area contributed by atoms with Gasteiger partial charge in [-0.25, -0.2) is 14.5 Å². The molecular formula is C28H38N8O3. The Morgan fingerprint density at radius 2 is 1.97 bits per heavy atom. The topological polar surface area (TPSA) is 111 Å². The molecule has 4 heterocycles. The maximum absolute atomic E-state index is 13.1. The Morgan fingerprint density at radius 3 is 2.67 bits per heavy atom. The number of aromatic nitrogens is 6. The van der Waals surface area contributed by atoms with Gasteiger partial charge < -0.3 is 19.3 Å². The Bertz CT molecular complexity index is 1270. The summed E-state index contributed by atoms with van der Waals surface area (Å²) in [5.74, 6) is 1.03. The first-order chi connectivity index (χ1) is 18.7. The minimum absolute atomic E-state index is 0.117. The smallest absolute Gasteiger partial charge is 0.410 e. The Morgan fingerprint density at radius 1 is 1.15 bits per heavy atom. The van der Waals surface area contributed by atoms with E-state index in [0.717, 1.165) is 43.9 Å². The third-order valence-electron chi connectivity index (χ3n) is 7.17. The summed E-state index contributed by atoms with van der Waals surface area (Å²) in [6, 6.07) is 4.15. The first kappa shape index (κ1) is 26.8. The van der Waals surface area contributed by atoms with Crippen LogP contribution in [0.15, 0.2) is 36.9 Å². The van der Waals surface area contributed by atoms with E-state index in [4.69, 9.17) is 14.5 Å². The van der Waals surface area contributed by atoms with Crippen molar-refractivity contribution in [1.29, 1.82) is 0 Å². The summed E-state index contributed by atoms with van der Waals surface area (Å²) >= 11 is 0. The SMILES string of the molecule is COc1cncc(-c2cn(C(C)c3ccc(N4CCC[C@@H](N(CC5CC5)C(=O)OC(C)(C)C)C4)cn3)nn2)n1. The van der Waals surface area contributed by atoms with Crippen molar-refractivity contribution < 1.29 is 14.3 Å². The molecule has 208 valence electrons. The average Bonchev–Trinajstić information content (AvgIpc) is 3.62. The van der Waals surface area contributed by atoms with E-state index in [9.17, 15) is 4.79 Å². The number of nitrogens with zero attached hydrogens (tertiary/aromatic N) is 8. The highest BCUT2D eigenvalue weighted by Crippen LogP contribution is 2.33. The first-order valence-electron chi connectivity index (χ1n) is 13.7. The molecule has 5 rings (SSSR count). The van der Waals surface area contributed by atoms with Crippen LogP contribution in [-0.4, -0.2) is 79.3 Å². The molecule has 3 aromatic rings. The lowest BCUT2D eigenvalue weighted by Crippen LogP contribution is -2.52. The molecule has 2 fully saturated rings. The zero-order valence-corrected chi connectivity index (χ0v) is 23.4. The average molecular weight is 535 g/mol. The monoisotopic (exact) mass is 534 g/mol. The summed E-state index contributed by atoms with van der Waals surface area (Å²) in [7, 11) is 1.55. The number of amides is 1. The Balaban J connectivity index is 1.26. The molecule has 1 aliphatic heterocycles. The maximum atomic E-state index is 13.1. The third-order valence-corrected chi connectivity index (χ3v) is 7.17. The molecule has 1 unspecified atom stereocenters. The van der Waals surface area contributed by atoms with Crippen LogP contribution in [0.25, 0.3) is 11.4 Å². The molecule has 0 radical (unpaired) electrons. The molecule has 1 aliphatic carbocycles. The summed E-state index contributed by atoms with van der Waals surface area (Å²) in [5, 5.41) is 8.56. The van der Waals surface area contributed by atoms with Gasteiger partial charge in [0.2, 0.25) is 5.88 Å². The zero-order valence-electron chi connectivity index (χ0n) is 23.4. The van der Waals surface area contributed by atoms with E-state index in [2.05, 4.69) is 31.2 Å². The molecule has 39 heavy (non-hydrogen) atoms. The molecule has 2 aliphatic rings. The van der Waals surface area contributed by atoms with E-state index in [1.807, 2.05) is 51.1 Å². The predicted molar refractivity (Wildman–Crippen MR) is 147 cm³/mol. The number of hydrogen-bond donors (Lipinski definition) is 0. The normalized spacial score (nSPS) is 18.5. The van der Waals surface area contributed by atoms with Crippen molar-refractivity contribution in [2.24, 2.45) is 5.92 Å². The molecule has 1 amide bonds. The summed E-state index contributed by atoms with van der Waals surface area (Å²) < 4.78 is 12.7. The highest BCUT2D eigenvalue weighted by molar-refractivity contribution is 5.69. The molecule has 1 saturated carbocycles. The van der Waals surface area contributed by atoms with Gasteiger partial charge in [-0.1, -0.05) is 5.21 Å². The Hall–Kier alpha value is -3.76. The first-order valence-corrected chi connectivity index (χ1v) is 13.7. The fourth-order valence-electron chi connectivity index (χ4n) is 4.84.